The Hall–Kier alpha value is -2.88. The first kappa shape index (κ1) is 21.9. The molecule has 2 saturated carbocycles. The van der Waals surface area contributed by atoms with E-state index in [1.165, 1.54) is 49.9 Å². The van der Waals surface area contributed by atoms with Crippen molar-refractivity contribution in [2.24, 2.45) is 17.0 Å². The first-order chi connectivity index (χ1) is 15.9. The van der Waals surface area contributed by atoms with Crippen molar-refractivity contribution in [3.8, 4) is 23.1 Å². The van der Waals surface area contributed by atoms with Crippen LogP contribution in [0.15, 0.2) is 59.5 Å². The smallest absolute Gasteiger partial charge is 0.240 e. The third-order valence-electron chi connectivity index (χ3n) is 6.59. The monoisotopic (exact) mass is 462 g/mol. The van der Waals surface area contributed by atoms with Gasteiger partial charge in [-0.25, -0.2) is 17.9 Å². The van der Waals surface area contributed by atoms with Crippen molar-refractivity contribution >= 4 is 10.0 Å². The first-order valence-corrected chi connectivity index (χ1v) is 13.0. The van der Waals surface area contributed by atoms with E-state index in [0.29, 0.717) is 23.9 Å². The van der Waals surface area contributed by atoms with Gasteiger partial charge in [-0.3, -0.25) is 0 Å². The number of aromatic nitrogens is 1. The number of hydrogen-bond acceptors (Lipinski definition) is 2. The van der Waals surface area contributed by atoms with Crippen LogP contribution in [0.25, 0.3) is 11.3 Å². The average Bonchev–Trinajstić information content (AvgIpc) is 3.46. The zero-order valence-electron chi connectivity index (χ0n) is 18.4. The van der Waals surface area contributed by atoms with E-state index in [9.17, 15) is 12.8 Å². The molecule has 2 aliphatic rings. The Kier molecular flexibility index (Phi) is 5.86. The summed E-state index contributed by atoms with van der Waals surface area (Å²) in [4.78, 5) is -0.477. The number of sulfonamides is 1. The fraction of sp³-hybridized carbons (Fsp3) is 0.333. The minimum Gasteiger partial charge on any atom is -0.340 e. The lowest BCUT2D eigenvalue weighted by Gasteiger charge is -2.18. The number of nitrogens with zero attached hydrogens (tertiary/aromatic N) is 1. The van der Waals surface area contributed by atoms with E-state index >= 15 is 0 Å². The van der Waals surface area contributed by atoms with Gasteiger partial charge in [-0.05, 0) is 85.5 Å². The van der Waals surface area contributed by atoms with Crippen molar-refractivity contribution in [3.63, 3.8) is 0 Å². The Morgan fingerprint density at radius 3 is 2.52 bits per heavy atom. The molecule has 170 valence electrons. The van der Waals surface area contributed by atoms with Crippen LogP contribution in [0.4, 0.5) is 4.39 Å². The molecule has 0 saturated heterocycles. The maximum atomic E-state index is 14.5. The molecule has 2 aromatic carbocycles. The summed E-state index contributed by atoms with van der Waals surface area (Å²) in [5.74, 6) is 7.11. The normalized spacial score (nSPS) is 16.2. The van der Waals surface area contributed by atoms with Crippen LogP contribution in [0.3, 0.4) is 0 Å². The van der Waals surface area contributed by atoms with Crippen molar-refractivity contribution in [1.82, 2.24) is 4.57 Å². The summed E-state index contributed by atoms with van der Waals surface area (Å²) >= 11 is 0. The fourth-order valence-corrected chi connectivity index (χ4v) is 4.88. The SMILES string of the molecule is NS(=O)(=O)c1ccc(Cn2c(CC3CC3)ccc2-c2cccc(C#CC3CCC3)c2)cc1F. The Morgan fingerprint density at radius 2 is 1.85 bits per heavy atom. The second-order valence-electron chi connectivity index (χ2n) is 9.23. The Bertz CT molecular complexity index is 1360. The zero-order chi connectivity index (χ0) is 23.0. The Morgan fingerprint density at radius 1 is 1.03 bits per heavy atom. The molecule has 2 aliphatic carbocycles. The van der Waals surface area contributed by atoms with Crippen LogP contribution in [-0.2, 0) is 23.0 Å². The van der Waals surface area contributed by atoms with E-state index in [-0.39, 0.29) is 0 Å². The number of benzene rings is 2. The third kappa shape index (κ3) is 5.05. The summed E-state index contributed by atoms with van der Waals surface area (Å²) in [6, 6.07) is 16.7. The molecule has 1 aromatic heterocycles. The molecule has 0 amide bonds. The lowest BCUT2D eigenvalue weighted by molar-refractivity contribution is 0.401. The van der Waals surface area contributed by atoms with E-state index < -0.39 is 20.7 Å². The molecule has 0 spiro atoms. The summed E-state index contributed by atoms with van der Waals surface area (Å²) < 4.78 is 39.8. The quantitative estimate of drug-likeness (QED) is 0.519. The molecule has 3 aromatic rings. The number of halogens is 1. The second-order valence-corrected chi connectivity index (χ2v) is 10.8. The fourth-order valence-electron chi connectivity index (χ4n) is 4.29. The van der Waals surface area contributed by atoms with Crippen LogP contribution in [0.5, 0.6) is 0 Å². The van der Waals surface area contributed by atoms with Gasteiger partial charge < -0.3 is 4.57 Å². The maximum absolute atomic E-state index is 14.5. The van der Waals surface area contributed by atoms with Gasteiger partial charge in [0, 0.05) is 29.4 Å². The summed E-state index contributed by atoms with van der Waals surface area (Å²) in [5.41, 5.74) is 5.01. The molecule has 2 N–H and O–H groups in total. The maximum Gasteiger partial charge on any atom is 0.240 e. The molecular weight excluding hydrogens is 435 g/mol. The minimum absolute atomic E-state index is 0.449. The van der Waals surface area contributed by atoms with Crippen LogP contribution in [0, 0.1) is 29.5 Å². The predicted octanol–water partition coefficient (Wildman–Crippen LogP) is 5.09. The summed E-state index contributed by atoms with van der Waals surface area (Å²) in [6.07, 6.45) is 7.13. The van der Waals surface area contributed by atoms with Gasteiger partial charge in [-0.2, -0.15) is 0 Å². The van der Waals surface area contributed by atoms with Gasteiger partial charge in [0.25, 0.3) is 0 Å². The second kappa shape index (κ2) is 8.81. The lowest BCUT2D eigenvalue weighted by atomic mass is 9.86. The molecule has 5 rings (SSSR count). The molecule has 0 bridgehead atoms. The van der Waals surface area contributed by atoms with Crippen LogP contribution >= 0.6 is 0 Å². The average molecular weight is 463 g/mol. The number of nitrogens with two attached hydrogens (primary N) is 1. The van der Waals surface area contributed by atoms with Crippen LogP contribution < -0.4 is 5.14 Å². The molecule has 1 heterocycles. The topological polar surface area (TPSA) is 65.1 Å². The highest BCUT2D eigenvalue weighted by Gasteiger charge is 2.24. The van der Waals surface area contributed by atoms with Crippen molar-refractivity contribution in [2.75, 3.05) is 0 Å². The van der Waals surface area contributed by atoms with E-state index in [2.05, 4.69) is 40.7 Å². The summed E-state index contributed by atoms with van der Waals surface area (Å²) in [6.45, 7) is 0.449. The van der Waals surface area contributed by atoms with E-state index in [0.717, 1.165) is 23.2 Å². The van der Waals surface area contributed by atoms with Gasteiger partial charge in [0.15, 0.2) is 0 Å². The van der Waals surface area contributed by atoms with Crippen molar-refractivity contribution in [3.05, 3.63) is 77.2 Å². The Balaban J connectivity index is 1.49. The predicted molar refractivity (Wildman–Crippen MR) is 127 cm³/mol. The molecule has 4 nitrogen and oxygen atoms in total. The van der Waals surface area contributed by atoms with Gasteiger partial charge in [0.1, 0.15) is 10.7 Å². The largest absolute Gasteiger partial charge is 0.340 e. The van der Waals surface area contributed by atoms with E-state index in [1.54, 1.807) is 6.07 Å². The minimum atomic E-state index is -4.09. The van der Waals surface area contributed by atoms with Gasteiger partial charge in [-0.15, -0.1) is 0 Å². The highest BCUT2D eigenvalue weighted by molar-refractivity contribution is 7.89. The molecular formula is C27H27FN2O2S. The number of primary sulfonamides is 1. The molecule has 0 radical (unpaired) electrons. The molecule has 2 fully saturated rings. The summed E-state index contributed by atoms with van der Waals surface area (Å²) in [7, 11) is -4.09. The molecule has 33 heavy (non-hydrogen) atoms. The molecule has 0 unspecified atom stereocenters. The highest BCUT2D eigenvalue weighted by Crippen LogP contribution is 2.35. The van der Waals surface area contributed by atoms with Crippen LogP contribution in [0.2, 0.25) is 0 Å². The van der Waals surface area contributed by atoms with Crippen LogP contribution in [0.1, 0.15) is 48.9 Å². The van der Waals surface area contributed by atoms with Crippen molar-refractivity contribution in [1.29, 1.82) is 0 Å². The summed E-state index contributed by atoms with van der Waals surface area (Å²) in [5, 5.41) is 5.12. The number of rotatable bonds is 6. The highest BCUT2D eigenvalue weighted by atomic mass is 32.2. The third-order valence-corrected chi connectivity index (χ3v) is 7.54. The van der Waals surface area contributed by atoms with E-state index in [1.807, 2.05) is 12.1 Å². The first-order valence-electron chi connectivity index (χ1n) is 11.5. The van der Waals surface area contributed by atoms with Gasteiger partial charge in [0.2, 0.25) is 10.0 Å². The van der Waals surface area contributed by atoms with Crippen LogP contribution in [-0.4, -0.2) is 13.0 Å². The standard InChI is InChI=1S/C27H27FN2O2S/c28-25-17-22(11-14-27(25)33(29,31)32)18-30-24(16-21-9-10-21)12-13-26(30)23-6-2-5-20(15-23)8-7-19-3-1-4-19/h2,5-6,11-15,17,19,21H,1,3-4,9-10,16,18H2,(H2,29,31,32). The Labute approximate surface area is 194 Å². The van der Waals surface area contributed by atoms with Crippen molar-refractivity contribution < 1.29 is 12.8 Å². The van der Waals surface area contributed by atoms with Crippen molar-refractivity contribution in [2.45, 2.75) is 50.0 Å². The van der Waals surface area contributed by atoms with Gasteiger partial charge in [0.05, 0.1) is 0 Å². The zero-order valence-corrected chi connectivity index (χ0v) is 19.2. The van der Waals surface area contributed by atoms with Gasteiger partial charge >= 0.3 is 0 Å². The lowest BCUT2D eigenvalue weighted by Crippen LogP contribution is -2.14. The van der Waals surface area contributed by atoms with E-state index in [4.69, 9.17) is 5.14 Å². The number of hydrogen-bond donors (Lipinski definition) is 1. The molecule has 0 atom stereocenters. The molecule has 0 aliphatic heterocycles. The molecule has 6 heteroatoms. The van der Waals surface area contributed by atoms with Gasteiger partial charge in [-0.1, -0.05) is 36.5 Å².